The number of hydrogen-bond donors (Lipinski definition) is 1. The van der Waals surface area contributed by atoms with Crippen molar-refractivity contribution in [2.45, 2.75) is 26.0 Å². The van der Waals surface area contributed by atoms with Crippen molar-refractivity contribution >= 4 is 12.4 Å². The first-order chi connectivity index (χ1) is 10.8. The number of alkyl carbamates (subject to hydrolysis) is 1. The van der Waals surface area contributed by atoms with Crippen LogP contribution in [0.3, 0.4) is 0 Å². The lowest BCUT2D eigenvalue weighted by Crippen LogP contribution is -2.25. The summed E-state index contributed by atoms with van der Waals surface area (Å²) in [7, 11) is 0. The van der Waals surface area contributed by atoms with Crippen molar-refractivity contribution in [1.29, 1.82) is 0 Å². The maximum atomic E-state index is 11.5. The molecule has 2 rings (SSSR count). The minimum absolute atomic E-state index is 0.282. The summed E-state index contributed by atoms with van der Waals surface area (Å²) >= 11 is 0. The molecule has 116 valence electrons. The average molecular weight is 300 g/mol. The number of nitrogens with one attached hydrogen (secondary N) is 1. The van der Waals surface area contributed by atoms with Crippen molar-refractivity contribution in [3.63, 3.8) is 0 Å². The van der Waals surface area contributed by atoms with E-state index in [1.165, 1.54) is 0 Å². The number of carbonyl (C=O) groups is 2. The number of aromatic nitrogens is 1. The Hall–Kier alpha value is -2.56. The SMILES string of the molecule is O=Cc1ccn(CCCCNC(=O)OCc2ccccc2)c1. The van der Waals surface area contributed by atoms with Gasteiger partial charge in [0.2, 0.25) is 0 Å². The molecule has 0 saturated carbocycles. The molecule has 0 aliphatic heterocycles. The highest BCUT2D eigenvalue weighted by molar-refractivity contribution is 5.74. The third-order valence-electron chi connectivity index (χ3n) is 3.23. The van der Waals surface area contributed by atoms with Crippen molar-refractivity contribution in [2.24, 2.45) is 0 Å². The minimum atomic E-state index is -0.395. The molecule has 0 aliphatic rings. The van der Waals surface area contributed by atoms with Crippen molar-refractivity contribution in [3.8, 4) is 0 Å². The van der Waals surface area contributed by atoms with Gasteiger partial charge in [-0.3, -0.25) is 4.79 Å². The molecule has 0 fully saturated rings. The number of benzene rings is 1. The Bertz CT molecular complexity index is 593. The van der Waals surface area contributed by atoms with Gasteiger partial charge in [0.15, 0.2) is 6.29 Å². The molecule has 0 aliphatic carbocycles. The average Bonchev–Trinajstić information content (AvgIpc) is 3.01. The normalized spacial score (nSPS) is 10.2. The van der Waals surface area contributed by atoms with Crippen LogP contribution in [0.2, 0.25) is 0 Å². The van der Waals surface area contributed by atoms with E-state index in [1.54, 1.807) is 6.07 Å². The molecule has 22 heavy (non-hydrogen) atoms. The molecular weight excluding hydrogens is 280 g/mol. The summed E-state index contributed by atoms with van der Waals surface area (Å²) in [5.74, 6) is 0. The maximum absolute atomic E-state index is 11.5. The first-order valence-corrected chi connectivity index (χ1v) is 7.33. The summed E-state index contributed by atoms with van der Waals surface area (Å²) in [6.07, 6.45) is 5.91. The van der Waals surface area contributed by atoms with Crippen LogP contribution in [0.1, 0.15) is 28.8 Å². The predicted molar refractivity (Wildman–Crippen MR) is 83.7 cm³/mol. The molecule has 2 aromatic rings. The van der Waals surface area contributed by atoms with Gasteiger partial charge in [-0.1, -0.05) is 30.3 Å². The van der Waals surface area contributed by atoms with Crippen LogP contribution in [-0.4, -0.2) is 23.5 Å². The van der Waals surface area contributed by atoms with Crippen molar-refractivity contribution < 1.29 is 14.3 Å². The molecule has 1 aromatic heterocycles. The van der Waals surface area contributed by atoms with Crippen molar-refractivity contribution in [3.05, 3.63) is 59.9 Å². The van der Waals surface area contributed by atoms with E-state index in [0.717, 1.165) is 31.2 Å². The van der Waals surface area contributed by atoms with E-state index in [4.69, 9.17) is 4.74 Å². The molecule has 1 heterocycles. The van der Waals surface area contributed by atoms with E-state index < -0.39 is 6.09 Å². The molecule has 1 N–H and O–H groups in total. The summed E-state index contributed by atoms with van der Waals surface area (Å²) in [5, 5.41) is 2.73. The maximum Gasteiger partial charge on any atom is 0.407 e. The van der Waals surface area contributed by atoms with Gasteiger partial charge >= 0.3 is 6.09 Å². The fraction of sp³-hybridized carbons (Fsp3) is 0.294. The van der Waals surface area contributed by atoms with Crippen LogP contribution in [0.5, 0.6) is 0 Å². The number of aldehydes is 1. The molecule has 1 aromatic carbocycles. The summed E-state index contributed by atoms with van der Waals surface area (Å²) in [4.78, 5) is 22.1. The van der Waals surface area contributed by atoms with E-state index in [0.29, 0.717) is 12.1 Å². The second-order valence-corrected chi connectivity index (χ2v) is 5.00. The van der Waals surface area contributed by atoms with Crippen LogP contribution < -0.4 is 5.32 Å². The third kappa shape index (κ3) is 5.44. The molecule has 5 nitrogen and oxygen atoms in total. The minimum Gasteiger partial charge on any atom is -0.445 e. The van der Waals surface area contributed by atoms with Crippen LogP contribution in [0, 0.1) is 0 Å². The molecule has 0 atom stereocenters. The van der Waals surface area contributed by atoms with Gasteiger partial charge in [0.1, 0.15) is 6.61 Å². The Balaban J connectivity index is 1.54. The predicted octanol–water partition coefficient (Wildman–Crippen LogP) is 3.01. The smallest absolute Gasteiger partial charge is 0.407 e. The molecule has 5 heteroatoms. The topological polar surface area (TPSA) is 60.3 Å². The van der Waals surface area contributed by atoms with Crippen LogP contribution in [0.25, 0.3) is 0 Å². The van der Waals surface area contributed by atoms with Gasteiger partial charge in [-0.25, -0.2) is 4.79 Å². The highest BCUT2D eigenvalue weighted by Crippen LogP contribution is 2.02. The number of rotatable bonds is 8. The molecule has 0 saturated heterocycles. The number of hydrogen-bond acceptors (Lipinski definition) is 3. The van der Waals surface area contributed by atoms with Gasteiger partial charge < -0.3 is 14.6 Å². The van der Waals surface area contributed by atoms with Crippen LogP contribution in [-0.2, 0) is 17.9 Å². The van der Waals surface area contributed by atoms with Gasteiger partial charge in [-0.15, -0.1) is 0 Å². The second-order valence-electron chi connectivity index (χ2n) is 5.00. The largest absolute Gasteiger partial charge is 0.445 e. The lowest BCUT2D eigenvalue weighted by molar-refractivity contribution is 0.112. The molecule has 0 radical (unpaired) electrons. The molecule has 0 unspecified atom stereocenters. The first kappa shape index (κ1) is 15.8. The van der Waals surface area contributed by atoms with Crippen LogP contribution in [0.15, 0.2) is 48.8 Å². The van der Waals surface area contributed by atoms with E-state index in [2.05, 4.69) is 5.32 Å². The quantitative estimate of drug-likeness (QED) is 0.602. The van der Waals surface area contributed by atoms with Gasteiger partial charge in [-0.05, 0) is 24.5 Å². The summed E-state index contributed by atoms with van der Waals surface area (Å²) < 4.78 is 7.09. The number of ether oxygens (including phenoxy) is 1. The Kier molecular flexibility index (Phi) is 6.23. The van der Waals surface area contributed by atoms with Crippen LogP contribution >= 0.6 is 0 Å². The molecular formula is C17H20N2O3. The Morgan fingerprint density at radius 2 is 2.00 bits per heavy atom. The zero-order valence-corrected chi connectivity index (χ0v) is 12.4. The van der Waals surface area contributed by atoms with Crippen LogP contribution in [0.4, 0.5) is 4.79 Å². The van der Waals surface area contributed by atoms with E-state index in [9.17, 15) is 9.59 Å². The molecule has 1 amide bonds. The van der Waals surface area contributed by atoms with Gasteiger partial charge in [0.25, 0.3) is 0 Å². The summed E-state index contributed by atoms with van der Waals surface area (Å²) in [6, 6.07) is 11.4. The Morgan fingerprint density at radius 3 is 2.73 bits per heavy atom. The monoisotopic (exact) mass is 300 g/mol. The number of nitrogens with zero attached hydrogens (tertiary/aromatic N) is 1. The van der Waals surface area contributed by atoms with Gasteiger partial charge in [-0.2, -0.15) is 0 Å². The zero-order valence-electron chi connectivity index (χ0n) is 12.4. The third-order valence-corrected chi connectivity index (χ3v) is 3.23. The number of aryl methyl sites for hydroxylation is 1. The standard InChI is InChI=1S/C17H20N2O3/c20-13-16-8-11-19(12-16)10-5-4-9-18-17(21)22-14-15-6-2-1-3-7-15/h1-3,6-8,11-13H,4-5,9-10,14H2,(H,18,21). The van der Waals surface area contributed by atoms with E-state index >= 15 is 0 Å². The van der Waals surface area contributed by atoms with E-state index in [1.807, 2.05) is 47.3 Å². The second kappa shape index (κ2) is 8.67. The van der Waals surface area contributed by atoms with E-state index in [-0.39, 0.29) is 6.61 Å². The first-order valence-electron chi connectivity index (χ1n) is 7.33. The number of carbonyl (C=O) groups excluding carboxylic acids is 2. The number of unbranched alkanes of at least 4 members (excludes halogenated alkanes) is 1. The Morgan fingerprint density at radius 1 is 1.18 bits per heavy atom. The van der Waals surface area contributed by atoms with Crippen molar-refractivity contribution in [1.82, 2.24) is 9.88 Å². The fourth-order valence-electron chi connectivity index (χ4n) is 2.05. The number of amides is 1. The summed E-state index contributed by atoms with van der Waals surface area (Å²) in [6.45, 7) is 1.69. The zero-order chi connectivity index (χ0) is 15.6. The van der Waals surface area contributed by atoms with Crippen molar-refractivity contribution in [2.75, 3.05) is 6.54 Å². The lowest BCUT2D eigenvalue weighted by atomic mass is 10.2. The lowest BCUT2D eigenvalue weighted by Gasteiger charge is -2.07. The fourth-order valence-corrected chi connectivity index (χ4v) is 2.05. The highest BCUT2D eigenvalue weighted by atomic mass is 16.5. The van der Waals surface area contributed by atoms with Gasteiger partial charge in [0.05, 0.1) is 0 Å². The van der Waals surface area contributed by atoms with Gasteiger partial charge in [0, 0.05) is 31.0 Å². The Labute approximate surface area is 129 Å². The highest BCUT2D eigenvalue weighted by Gasteiger charge is 2.01. The molecule has 0 spiro atoms. The molecule has 0 bridgehead atoms. The summed E-state index contributed by atoms with van der Waals surface area (Å²) in [5.41, 5.74) is 1.65.